The minimum Gasteiger partial charge on any atom is -0.304 e. The van der Waals surface area contributed by atoms with Crippen LogP contribution in [0.1, 0.15) is 10.4 Å². The second-order valence-electron chi connectivity index (χ2n) is 4.07. The van der Waals surface area contributed by atoms with E-state index in [9.17, 15) is 4.79 Å². The van der Waals surface area contributed by atoms with Crippen LogP contribution in [0.2, 0.25) is 0 Å². The summed E-state index contributed by atoms with van der Waals surface area (Å²) in [5.41, 5.74) is 3.46. The maximum Gasteiger partial charge on any atom is 0.268 e. The number of rotatable bonds is 2. The van der Waals surface area contributed by atoms with Crippen LogP contribution in [0.3, 0.4) is 0 Å². The van der Waals surface area contributed by atoms with Crippen molar-refractivity contribution in [3.63, 3.8) is 0 Å². The van der Waals surface area contributed by atoms with Gasteiger partial charge in [0.25, 0.3) is 5.91 Å². The Morgan fingerprint density at radius 2 is 2.12 bits per heavy atom. The number of hydrogen-bond acceptors (Lipinski definition) is 4. The number of pyridine rings is 1. The fourth-order valence-electron chi connectivity index (χ4n) is 1.68. The minimum atomic E-state index is -0.116. The number of hydrogen-bond donors (Lipinski definition) is 1. The molecule has 0 unspecified atom stereocenters. The predicted octanol–water partition coefficient (Wildman–Crippen LogP) is 0.736. The van der Waals surface area contributed by atoms with Crippen molar-refractivity contribution < 1.29 is 4.79 Å². The van der Waals surface area contributed by atoms with Crippen LogP contribution < -0.4 is 5.43 Å². The molecule has 2 heterocycles. The Balaban J connectivity index is 1.96. The third kappa shape index (κ3) is 3.24. The second-order valence-corrected chi connectivity index (χ2v) is 4.82. The molecule has 1 saturated heterocycles. The Kier molecular flexibility index (Phi) is 4.09. The zero-order valence-corrected chi connectivity index (χ0v) is 11.3. The summed E-state index contributed by atoms with van der Waals surface area (Å²) in [5.74, 6) is -0.116. The van der Waals surface area contributed by atoms with Gasteiger partial charge in [-0.2, -0.15) is 0 Å². The Hall–Kier alpha value is -0.980. The molecule has 1 fully saturated rings. The number of piperazine rings is 1. The lowest BCUT2D eigenvalue weighted by molar-refractivity contribution is 0.0661. The maximum absolute atomic E-state index is 12.0. The summed E-state index contributed by atoms with van der Waals surface area (Å²) in [5, 5.41) is 1.95. The first-order chi connectivity index (χ1) is 8.16. The standard InChI is InChI=1S/C11H15BrN4O/c1-15-5-7-16(8-6-15)14-11(17)9-3-2-4-13-10(9)12/h2-4H,5-8H2,1H3,(H,14,17). The van der Waals surface area contributed by atoms with Crippen LogP contribution in [0.25, 0.3) is 0 Å². The Morgan fingerprint density at radius 3 is 2.76 bits per heavy atom. The number of aromatic nitrogens is 1. The highest BCUT2D eigenvalue weighted by Crippen LogP contribution is 2.12. The summed E-state index contributed by atoms with van der Waals surface area (Å²) >= 11 is 3.27. The molecule has 0 aromatic carbocycles. The normalized spacial score (nSPS) is 18.0. The molecule has 0 bridgehead atoms. The van der Waals surface area contributed by atoms with Crippen LogP contribution in [0.4, 0.5) is 0 Å². The highest BCUT2D eigenvalue weighted by molar-refractivity contribution is 9.10. The molecule has 0 spiro atoms. The van der Waals surface area contributed by atoms with E-state index in [1.54, 1.807) is 18.3 Å². The quantitative estimate of drug-likeness (QED) is 0.818. The van der Waals surface area contributed by atoms with E-state index in [1.165, 1.54) is 0 Å². The Morgan fingerprint density at radius 1 is 1.41 bits per heavy atom. The monoisotopic (exact) mass is 298 g/mol. The van der Waals surface area contributed by atoms with Crippen molar-refractivity contribution in [1.29, 1.82) is 0 Å². The van der Waals surface area contributed by atoms with Crippen LogP contribution in [-0.4, -0.2) is 54.0 Å². The van der Waals surface area contributed by atoms with Crippen molar-refractivity contribution in [2.75, 3.05) is 33.2 Å². The number of nitrogens with one attached hydrogen (secondary N) is 1. The van der Waals surface area contributed by atoms with Crippen molar-refractivity contribution >= 4 is 21.8 Å². The smallest absolute Gasteiger partial charge is 0.268 e. The van der Waals surface area contributed by atoms with Gasteiger partial charge in [0.05, 0.1) is 5.56 Å². The van der Waals surface area contributed by atoms with Gasteiger partial charge in [-0.3, -0.25) is 10.2 Å². The van der Waals surface area contributed by atoms with Gasteiger partial charge in [0.2, 0.25) is 0 Å². The molecule has 1 aliphatic heterocycles. The van der Waals surface area contributed by atoms with E-state index in [4.69, 9.17) is 0 Å². The summed E-state index contributed by atoms with van der Waals surface area (Å²) in [6.45, 7) is 3.63. The number of amides is 1. The van der Waals surface area contributed by atoms with Gasteiger partial charge in [-0.25, -0.2) is 9.99 Å². The molecule has 6 heteroatoms. The zero-order chi connectivity index (χ0) is 12.3. The molecule has 2 rings (SSSR count). The molecule has 92 valence electrons. The molecule has 1 amide bonds. The summed E-state index contributed by atoms with van der Waals surface area (Å²) in [4.78, 5) is 18.3. The van der Waals surface area contributed by atoms with Crippen molar-refractivity contribution in [3.05, 3.63) is 28.5 Å². The van der Waals surface area contributed by atoms with Gasteiger partial charge in [-0.15, -0.1) is 0 Å². The Labute approximate surface area is 109 Å². The van der Waals surface area contributed by atoms with E-state index in [-0.39, 0.29) is 5.91 Å². The van der Waals surface area contributed by atoms with E-state index in [1.807, 2.05) is 5.01 Å². The first-order valence-corrected chi connectivity index (χ1v) is 6.31. The van der Waals surface area contributed by atoms with Gasteiger partial charge < -0.3 is 4.90 Å². The molecule has 1 aromatic rings. The molecule has 1 aliphatic rings. The topological polar surface area (TPSA) is 48.5 Å². The van der Waals surface area contributed by atoms with E-state index in [0.717, 1.165) is 26.2 Å². The van der Waals surface area contributed by atoms with E-state index in [0.29, 0.717) is 10.2 Å². The predicted molar refractivity (Wildman–Crippen MR) is 68.5 cm³/mol. The number of carbonyl (C=O) groups is 1. The van der Waals surface area contributed by atoms with Crippen molar-refractivity contribution in [2.24, 2.45) is 0 Å². The Bertz CT molecular complexity index is 404. The summed E-state index contributed by atoms with van der Waals surface area (Å²) < 4.78 is 0.576. The molecule has 1 N–H and O–H groups in total. The molecule has 1 aromatic heterocycles. The second kappa shape index (κ2) is 5.57. The summed E-state index contributed by atoms with van der Waals surface area (Å²) in [6.07, 6.45) is 1.65. The maximum atomic E-state index is 12.0. The van der Waals surface area contributed by atoms with E-state index >= 15 is 0 Å². The minimum absolute atomic E-state index is 0.116. The SMILES string of the molecule is CN1CCN(NC(=O)c2cccnc2Br)CC1. The molecular formula is C11H15BrN4O. The molecule has 17 heavy (non-hydrogen) atoms. The van der Waals surface area contributed by atoms with Gasteiger partial charge in [-0.05, 0) is 35.1 Å². The summed E-state index contributed by atoms with van der Waals surface area (Å²) in [6, 6.07) is 3.51. The van der Waals surface area contributed by atoms with E-state index in [2.05, 4.69) is 38.3 Å². The fraction of sp³-hybridized carbons (Fsp3) is 0.455. The number of hydrazine groups is 1. The largest absolute Gasteiger partial charge is 0.304 e. The molecule has 0 aliphatic carbocycles. The number of halogens is 1. The summed E-state index contributed by atoms with van der Waals surface area (Å²) in [7, 11) is 2.08. The lowest BCUT2D eigenvalue weighted by Crippen LogP contribution is -2.52. The van der Waals surface area contributed by atoms with Gasteiger partial charge in [0.15, 0.2) is 0 Å². The third-order valence-electron chi connectivity index (χ3n) is 2.77. The van der Waals surface area contributed by atoms with Crippen LogP contribution >= 0.6 is 15.9 Å². The average molecular weight is 299 g/mol. The lowest BCUT2D eigenvalue weighted by atomic mass is 10.3. The zero-order valence-electron chi connectivity index (χ0n) is 9.69. The molecular weight excluding hydrogens is 284 g/mol. The number of likely N-dealkylation sites (N-methyl/N-ethyl adjacent to an activating group) is 1. The third-order valence-corrected chi connectivity index (χ3v) is 3.40. The van der Waals surface area contributed by atoms with Crippen LogP contribution in [0.15, 0.2) is 22.9 Å². The number of carbonyl (C=O) groups excluding carboxylic acids is 1. The van der Waals surface area contributed by atoms with E-state index < -0.39 is 0 Å². The van der Waals surface area contributed by atoms with Gasteiger partial charge in [0, 0.05) is 32.4 Å². The van der Waals surface area contributed by atoms with Crippen molar-refractivity contribution in [3.8, 4) is 0 Å². The molecule has 0 radical (unpaired) electrons. The average Bonchev–Trinajstić information content (AvgIpc) is 2.32. The lowest BCUT2D eigenvalue weighted by Gasteiger charge is -2.32. The molecule has 0 saturated carbocycles. The van der Waals surface area contributed by atoms with Gasteiger partial charge in [0.1, 0.15) is 4.60 Å². The van der Waals surface area contributed by atoms with Gasteiger partial charge >= 0.3 is 0 Å². The molecule has 5 nitrogen and oxygen atoms in total. The van der Waals surface area contributed by atoms with Crippen molar-refractivity contribution in [1.82, 2.24) is 20.3 Å². The highest BCUT2D eigenvalue weighted by Gasteiger charge is 2.17. The first-order valence-electron chi connectivity index (χ1n) is 5.52. The van der Waals surface area contributed by atoms with Crippen LogP contribution in [0.5, 0.6) is 0 Å². The van der Waals surface area contributed by atoms with Crippen LogP contribution in [-0.2, 0) is 0 Å². The highest BCUT2D eigenvalue weighted by atomic mass is 79.9. The fourth-order valence-corrected chi connectivity index (χ4v) is 2.11. The molecule has 0 atom stereocenters. The van der Waals surface area contributed by atoms with Crippen molar-refractivity contribution in [2.45, 2.75) is 0 Å². The van der Waals surface area contributed by atoms with Crippen LogP contribution in [0, 0.1) is 0 Å². The first kappa shape index (κ1) is 12.5. The number of nitrogens with zero attached hydrogens (tertiary/aromatic N) is 3. The van der Waals surface area contributed by atoms with Gasteiger partial charge in [-0.1, -0.05) is 0 Å².